The molecule has 96 valence electrons. The topological polar surface area (TPSA) is 55.8 Å². The van der Waals surface area contributed by atoms with E-state index in [1.807, 2.05) is 30.4 Å². The molecule has 1 atom stereocenters. The third-order valence-electron chi connectivity index (χ3n) is 2.89. The fraction of sp³-hybridized carbons (Fsp3) is 0.357. The number of hydrogen-bond acceptors (Lipinski definition) is 3. The number of carboxylic acids is 1. The maximum Gasteiger partial charge on any atom is 0.306 e. The molecule has 2 rings (SSSR count). The highest BCUT2D eigenvalue weighted by Crippen LogP contribution is 2.32. The minimum atomic E-state index is -0.744. The van der Waals surface area contributed by atoms with Crippen molar-refractivity contribution in [2.24, 2.45) is 5.92 Å². The van der Waals surface area contributed by atoms with E-state index in [1.54, 1.807) is 6.92 Å². The van der Waals surface area contributed by atoms with Crippen molar-refractivity contribution in [2.45, 2.75) is 19.8 Å². The van der Waals surface area contributed by atoms with Crippen LogP contribution in [0.1, 0.15) is 25.3 Å². The Morgan fingerprint density at radius 1 is 1.44 bits per heavy atom. The SMILES string of the molecule is CC(CC/C=C/c1ccc2c(c1)OCO2)C(=O)O. The maximum atomic E-state index is 10.6. The lowest BCUT2D eigenvalue weighted by Crippen LogP contribution is -2.08. The monoisotopic (exact) mass is 248 g/mol. The van der Waals surface area contributed by atoms with Crippen LogP contribution in [0.15, 0.2) is 24.3 Å². The van der Waals surface area contributed by atoms with E-state index in [9.17, 15) is 4.79 Å². The predicted molar refractivity (Wildman–Crippen MR) is 67.6 cm³/mol. The number of rotatable bonds is 5. The lowest BCUT2D eigenvalue weighted by molar-refractivity contribution is -0.141. The molecular formula is C14H16O4. The first-order chi connectivity index (χ1) is 8.66. The zero-order valence-corrected chi connectivity index (χ0v) is 10.3. The standard InChI is InChI=1S/C14H16O4/c1-10(14(15)16)4-2-3-5-11-6-7-12-13(8-11)18-9-17-12/h3,5-8,10H,2,4,9H2,1H3,(H,15,16)/b5-3+. The van der Waals surface area contributed by atoms with Gasteiger partial charge in [-0.3, -0.25) is 4.79 Å². The van der Waals surface area contributed by atoms with Gasteiger partial charge in [-0.2, -0.15) is 0 Å². The van der Waals surface area contributed by atoms with Crippen molar-refractivity contribution >= 4 is 12.0 Å². The number of benzene rings is 1. The average molecular weight is 248 g/mol. The number of allylic oxidation sites excluding steroid dienone is 1. The lowest BCUT2D eigenvalue weighted by Gasteiger charge is -2.02. The zero-order valence-electron chi connectivity index (χ0n) is 10.3. The third-order valence-corrected chi connectivity index (χ3v) is 2.89. The Labute approximate surface area is 106 Å². The van der Waals surface area contributed by atoms with Crippen LogP contribution in [-0.2, 0) is 4.79 Å². The van der Waals surface area contributed by atoms with E-state index in [0.29, 0.717) is 6.42 Å². The Morgan fingerprint density at radius 3 is 3.00 bits per heavy atom. The minimum Gasteiger partial charge on any atom is -0.481 e. The first-order valence-corrected chi connectivity index (χ1v) is 5.96. The van der Waals surface area contributed by atoms with Crippen LogP contribution in [0.25, 0.3) is 6.08 Å². The molecule has 18 heavy (non-hydrogen) atoms. The number of aliphatic carboxylic acids is 1. The van der Waals surface area contributed by atoms with Gasteiger partial charge in [-0.05, 0) is 30.5 Å². The summed E-state index contributed by atoms with van der Waals surface area (Å²) in [7, 11) is 0. The second-order valence-corrected chi connectivity index (χ2v) is 4.33. The molecular weight excluding hydrogens is 232 g/mol. The fourth-order valence-corrected chi connectivity index (χ4v) is 1.71. The summed E-state index contributed by atoms with van der Waals surface area (Å²) in [6.45, 7) is 2.00. The van der Waals surface area contributed by atoms with Crippen LogP contribution >= 0.6 is 0 Å². The van der Waals surface area contributed by atoms with Gasteiger partial charge in [-0.1, -0.05) is 25.1 Å². The predicted octanol–water partition coefficient (Wildman–Crippen LogP) is 2.93. The van der Waals surface area contributed by atoms with Gasteiger partial charge in [-0.15, -0.1) is 0 Å². The number of hydrogen-bond donors (Lipinski definition) is 1. The summed E-state index contributed by atoms with van der Waals surface area (Å²) in [5.41, 5.74) is 1.03. The molecule has 1 aromatic rings. The quantitative estimate of drug-likeness (QED) is 0.870. The van der Waals surface area contributed by atoms with Gasteiger partial charge in [0, 0.05) is 0 Å². The van der Waals surface area contributed by atoms with Crippen molar-refractivity contribution in [1.29, 1.82) is 0 Å². The Kier molecular flexibility index (Phi) is 3.87. The Hall–Kier alpha value is -1.97. The van der Waals surface area contributed by atoms with Crippen LogP contribution < -0.4 is 9.47 Å². The summed E-state index contributed by atoms with van der Waals surface area (Å²) in [4.78, 5) is 10.6. The molecule has 4 heteroatoms. The Morgan fingerprint density at radius 2 is 2.22 bits per heavy atom. The Bertz CT molecular complexity index is 465. The van der Waals surface area contributed by atoms with Gasteiger partial charge in [0.1, 0.15) is 0 Å². The summed E-state index contributed by atoms with van der Waals surface area (Å²) < 4.78 is 10.5. The van der Waals surface area contributed by atoms with E-state index < -0.39 is 5.97 Å². The van der Waals surface area contributed by atoms with Crippen LogP contribution in [0, 0.1) is 5.92 Å². The molecule has 0 spiro atoms. The Balaban J connectivity index is 1.88. The van der Waals surface area contributed by atoms with Gasteiger partial charge < -0.3 is 14.6 Å². The molecule has 1 N–H and O–H groups in total. The summed E-state index contributed by atoms with van der Waals surface area (Å²) >= 11 is 0. The first kappa shape index (κ1) is 12.5. The van der Waals surface area contributed by atoms with Crippen molar-refractivity contribution in [3.05, 3.63) is 29.8 Å². The van der Waals surface area contributed by atoms with Crippen LogP contribution in [0.5, 0.6) is 11.5 Å². The summed E-state index contributed by atoms with van der Waals surface area (Å²) in [6.07, 6.45) is 5.35. The van der Waals surface area contributed by atoms with Gasteiger partial charge in [0.2, 0.25) is 6.79 Å². The van der Waals surface area contributed by atoms with E-state index in [4.69, 9.17) is 14.6 Å². The zero-order chi connectivity index (χ0) is 13.0. The van der Waals surface area contributed by atoms with Gasteiger partial charge in [0.05, 0.1) is 5.92 Å². The normalized spacial score (nSPS) is 14.9. The molecule has 0 aromatic heterocycles. The number of fused-ring (bicyclic) bond motifs is 1. The van der Waals surface area contributed by atoms with Crippen LogP contribution in [0.2, 0.25) is 0 Å². The molecule has 0 saturated carbocycles. The smallest absolute Gasteiger partial charge is 0.306 e. The van der Waals surface area contributed by atoms with Crippen molar-refractivity contribution < 1.29 is 19.4 Å². The molecule has 0 aliphatic carbocycles. The largest absolute Gasteiger partial charge is 0.481 e. The number of carboxylic acid groups (broad SMARTS) is 1. The van der Waals surface area contributed by atoms with E-state index >= 15 is 0 Å². The molecule has 1 aliphatic rings. The van der Waals surface area contributed by atoms with Crippen molar-refractivity contribution in [2.75, 3.05) is 6.79 Å². The van der Waals surface area contributed by atoms with E-state index in [2.05, 4.69) is 0 Å². The molecule has 0 saturated heterocycles. The molecule has 4 nitrogen and oxygen atoms in total. The van der Waals surface area contributed by atoms with Crippen LogP contribution in [0.4, 0.5) is 0 Å². The van der Waals surface area contributed by atoms with E-state index in [0.717, 1.165) is 23.5 Å². The highest BCUT2D eigenvalue weighted by Gasteiger charge is 2.12. The molecule has 1 heterocycles. The van der Waals surface area contributed by atoms with Crippen LogP contribution in [0.3, 0.4) is 0 Å². The van der Waals surface area contributed by atoms with Crippen LogP contribution in [-0.4, -0.2) is 17.9 Å². The molecule has 1 aliphatic heterocycles. The van der Waals surface area contributed by atoms with Gasteiger partial charge in [0.15, 0.2) is 11.5 Å². The summed E-state index contributed by atoms with van der Waals surface area (Å²) in [6, 6.07) is 5.74. The second-order valence-electron chi connectivity index (χ2n) is 4.33. The number of ether oxygens (including phenoxy) is 2. The highest BCUT2D eigenvalue weighted by atomic mass is 16.7. The van der Waals surface area contributed by atoms with E-state index in [1.165, 1.54) is 0 Å². The van der Waals surface area contributed by atoms with E-state index in [-0.39, 0.29) is 12.7 Å². The minimum absolute atomic E-state index is 0.276. The second kappa shape index (κ2) is 5.58. The maximum absolute atomic E-state index is 10.6. The van der Waals surface area contributed by atoms with Crippen molar-refractivity contribution in [1.82, 2.24) is 0 Å². The highest BCUT2D eigenvalue weighted by molar-refractivity contribution is 5.69. The van der Waals surface area contributed by atoms with Gasteiger partial charge in [-0.25, -0.2) is 0 Å². The van der Waals surface area contributed by atoms with Gasteiger partial charge in [0.25, 0.3) is 0 Å². The van der Waals surface area contributed by atoms with Crippen molar-refractivity contribution in [3.8, 4) is 11.5 Å². The molecule has 0 amide bonds. The molecule has 1 aromatic carbocycles. The average Bonchev–Trinajstić information content (AvgIpc) is 2.81. The summed E-state index contributed by atoms with van der Waals surface area (Å²) in [5.74, 6) is 0.487. The third kappa shape index (κ3) is 3.03. The molecule has 0 fully saturated rings. The summed E-state index contributed by atoms with van der Waals surface area (Å²) in [5, 5.41) is 8.75. The molecule has 1 unspecified atom stereocenters. The fourth-order valence-electron chi connectivity index (χ4n) is 1.71. The van der Waals surface area contributed by atoms with Gasteiger partial charge >= 0.3 is 5.97 Å². The molecule has 0 radical (unpaired) electrons. The lowest BCUT2D eigenvalue weighted by atomic mass is 10.1. The first-order valence-electron chi connectivity index (χ1n) is 5.96. The molecule has 0 bridgehead atoms. The van der Waals surface area contributed by atoms with Crippen molar-refractivity contribution in [3.63, 3.8) is 0 Å². The number of carbonyl (C=O) groups is 1.